The van der Waals surface area contributed by atoms with Gasteiger partial charge in [-0.2, -0.15) is 5.10 Å². The lowest BCUT2D eigenvalue weighted by Crippen LogP contribution is -2.23. The molecule has 0 aliphatic heterocycles. The van der Waals surface area contributed by atoms with Crippen molar-refractivity contribution < 1.29 is 4.79 Å². The first-order chi connectivity index (χ1) is 12.2. The molecule has 2 aromatic heterocycles. The standard InChI is InChI=1S/C19H17N5O/c1-13-22-17-8-4-5-9-18(17)24(13)12-19(25)23-21-11-14-10-20-16-7-3-2-6-15(14)16/h2-11,20H,12H2,1H3,(H,23,25)/b21-11-. The number of H-pyrrole nitrogens is 1. The van der Waals surface area contributed by atoms with E-state index in [-0.39, 0.29) is 12.5 Å². The Bertz CT molecular complexity index is 1090. The molecule has 0 saturated heterocycles. The summed E-state index contributed by atoms with van der Waals surface area (Å²) < 4.78 is 1.88. The Hall–Kier alpha value is -3.41. The number of fused-ring (bicyclic) bond motifs is 2. The molecule has 0 unspecified atom stereocenters. The van der Waals surface area contributed by atoms with E-state index in [1.807, 2.05) is 66.2 Å². The fraction of sp³-hybridized carbons (Fsp3) is 0.105. The number of imidazole rings is 1. The summed E-state index contributed by atoms with van der Waals surface area (Å²) in [4.78, 5) is 19.9. The number of hydrazone groups is 1. The Morgan fingerprint density at radius 2 is 2.04 bits per heavy atom. The molecule has 6 nitrogen and oxygen atoms in total. The number of carbonyl (C=O) groups excluding carboxylic acids is 1. The zero-order chi connectivity index (χ0) is 17.2. The smallest absolute Gasteiger partial charge is 0.260 e. The monoisotopic (exact) mass is 331 g/mol. The molecule has 4 rings (SSSR count). The molecule has 0 radical (unpaired) electrons. The second-order valence-corrected chi connectivity index (χ2v) is 5.82. The molecule has 0 aliphatic rings. The molecular formula is C19H17N5O. The van der Waals surface area contributed by atoms with Crippen molar-refractivity contribution in [2.75, 3.05) is 0 Å². The molecule has 4 aromatic rings. The van der Waals surface area contributed by atoms with Crippen molar-refractivity contribution in [3.63, 3.8) is 0 Å². The molecule has 2 heterocycles. The van der Waals surface area contributed by atoms with E-state index in [0.717, 1.165) is 33.3 Å². The second kappa shape index (κ2) is 6.24. The zero-order valence-corrected chi connectivity index (χ0v) is 13.7. The van der Waals surface area contributed by atoms with Crippen molar-refractivity contribution in [3.05, 3.63) is 66.1 Å². The highest BCUT2D eigenvalue weighted by atomic mass is 16.2. The molecule has 0 saturated carbocycles. The molecule has 0 spiro atoms. The number of hydrogen-bond donors (Lipinski definition) is 2. The van der Waals surface area contributed by atoms with Gasteiger partial charge in [0.1, 0.15) is 12.4 Å². The molecular weight excluding hydrogens is 314 g/mol. The molecule has 25 heavy (non-hydrogen) atoms. The topological polar surface area (TPSA) is 75.1 Å². The van der Waals surface area contributed by atoms with E-state index >= 15 is 0 Å². The summed E-state index contributed by atoms with van der Waals surface area (Å²) in [6.07, 6.45) is 3.52. The highest BCUT2D eigenvalue weighted by Crippen LogP contribution is 2.16. The SMILES string of the molecule is Cc1nc2ccccc2n1CC(=O)N/N=C\c1c[nH]c2ccccc12. The van der Waals surface area contributed by atoms with Gasteiger partial charge in [0.15, 0.2) is 0 Å². The number of para-hydroxylation sites is 3. The number of carbonyl (C=O) groups is 1. The first kappa shape index (κ1) is 15.1. The number of amides is 1. The molecule has 0 atom stereocenters. The van der Waals surface area contributed by atoms with Crippen molar-refractivity contribution in [1.82, 2.24) is 20.0 Å². The third kappa shape index (κ3) is 2.89. The van der Waals surface area contributed by atoms with Crippen molar-refractivity contribution in [2.45, 2.75) is 13.5 Å². The van der Waals surface area contributed by atoms with E-state index in [9.17, 15) is 4.79 Å². The van der Waals surface area contributed by atoms with E-state index in [4.69, 9.17) is 0 Å². The van der Waals surface area contributed by atoms with Crippen LogP contribution in [0.4, 0.5) is 0 Å². The van der Waals surface area contributed by atoms with Crippen molar-refractivity contribution in [2.24, 2.45) is 5.10 Å². The van der Waals surface area contributed by atoms with Gasteiger partial charge in [-0.3, -0.25) is 4.79 Å². The average molecular weight is 331 g/mol. The van der Waals surface area contributed by atoms with Crippen LogP contribution >= 0.6 is 0 Å². The van der Waals surface area contributed by atoms with Crippen LogP contribution in [-0.4, -0.2) is 26.7 Å². The van der Waals surface area contributed by atoms with Gasteiger partial charge in [0.05, 0.1) is 17.2 Å². The normalized spacial score (nSPS) is 11.6. The van der Waals surface area contributed by atoms with E-state index in [0.29, 0.717) is 0 Å². The van der Waals surface area contributed by atoms with Crippen LogP contribution < -0.4 is 5.43 Å². The number of aryl methyl sites for hydroxylation is 1. The molecule has 0 bridgehead atoms. The van der Waals surface area contributed by atoms with E-state index < -0.39 is 0 Å². The first-order valence-electron chi connectivity index (χ1n) is 8.02. The van der Waals surface area contributed by atoms with Crippen LogP contribution in [-0.2, 0) is 11.3 Å². The zero-order valence-electron chi connectivity index (χ0n) is 13.7. The Morgan fingerprint density at radius 3 is 2.96 bits per heavy atom. The number of hydrogen-bond acceptors (Lipinski definition) is 3. The van der Waals surface area contributed by atoms with E-state index in [1.54, 1.807) is 6.21 Å². The molecule has 124 valence electrons. The fourth-order valence-corrected chi connectivity index (χ4v) is 2.95. The third-order valence-electron chi connectivity index (χ3n) is 4.16. The number of aromatic nitrogens is 3. The molecule has 0 aliphatic carbocycles. The van der Waals surface area contributed by atoms with Gasteiger partial charge in [-0.15, -0.1) is 0 Å². The second-order valence-electron chi connectivity index (χ2n) is 5.82. The van der Waals surface area contributed by atoms with Crippen LogP contribution in [0.3, 0.4) is 0 Å². The number of aromatic amines is 1. The largest absolute Gasteiger partial charge is 0.361 e. The van der Waals surface area contributed by atoms with Gasteiger partial charge in [0.2, 0.25) is 0 Å². The summed E-state index contributed by atoms with van der Waals surface area (Å²) in [6, 6.07) is 15.7. The Labute approximate surface area is 144 Å². The molecule has 2 N–H and O–H groups in total. The average Bonchev–Trinajstić information content (AvgIpc) is 3.17. The lowest BCUT2D eigenvalue weighted by Gasteiger charge is -2.05. The predicted molar refractivity (Wildman–Crippen MR) is 98.5 cm³/mol. The quantitative estimate of drug-likeness (QED) is 0.445. The number of nitrogens with zero attached hydrogens (tertiary/aromatic N) is 3. The van der Waals surface area contributed by atoms with Gasteiger partial charge in [0, 0.05) is 22.7 Å². The maximum absolute atomic E-state index is 12.2. The molecule has 2 aromatic carbocycles. The van der Waals surface area contributed by atoms with Crippen molar-refractivity contribution in [3.8, 4) is 0 Å². The maximum Gasteiger partial charge on any atom is 0.260 e. The van der Waals surface area contributed by atoms with E-state index in [2.05, 4.69) is 20.5 Å². The van der Waals surface area contributed by atoms with Gasteiger partial charge < -0.3 is 9.55 Å². The van der Waals surface area contributed by atoms with Gasteiger partial charge in [0.25, 0.3) is 5.91 Å². The highest BCUT2D eigenvalue weighted by Gasteiger charge is 2.10. The van der Waals surface area contributed by atoms with Gasteiger partial charge >= 0.3 is 0 Å². The Balaban J connectivity index is 1.48. The summed E-state index contributed by atoms with van der Waals surface area (Å²) in [6.45, 7) is 2.07. The Kier molecular flexibility index (Phi) is 3.78. The van der Waals surface area contributed by atoms with Crippen LogP contribution in [0.25, 0.3) is 21.9 Å². The first-order valence-corrected chi connectivity index (χ1v) is 8.02. The van der Waals surface area contributed by atoms with Crippen molar-refractivity contribution in [1.29, 1.82) is 0 Å². The van der Waals surface area contributed by atoms with Crippen molar-refractivity contribution >= 4 is 34.1 Å². The molecule has 6 heteroatoms. The lowest BCUT2D eigenvalue weighted by atomic mass is 10.2. The number of rotatable bonds is 4. The lowest BCUT2D eigenvalue weighted by molar-refractivity contribution is -0.121. The summed E-state index contributed by atoms with van der Waals surface area (Å²) in [5.74, 6) is 0.610. The summed E-state index contributed by atoms with van der Waals surface area (Å²) in [5, 5.41) is 5.14. The number of nitrogens with one attached hydrogen (secondary N) is 2. The summed E-state index contributed by atoms with van der Waals surface area (Å²) >= 11 is 0. The van der Waals surface area contributed by atoms with Gasteiger partial charge in [-0.25, -0.2) is 10.4 Å². The highest BCUT2D eigenvalue weighted by molar-refractivity contribution is 5.99. The maximum atomic E-state index is 12.2. The minimum absolute atomic E-state index is 0.178. The molecule has 1 amide bonds. The fourth-order valence-electron chi connectivity index (χ4n) is 2.95. The summed E-state index contributed by atoms with van der Waals surface area (Å²) in [5.41, 5.74) is 6.38. The summed E-state index contributed by atoms with van der Waals surface area (Å²) in [7, 11) is 0. The van der Waals surface area contributed by atoms with Crippen LogP contribution in [0, 0.1) is 6.92 Å². The molecule has 0 fully saturated rings. The van der Waals surface area contributed by atoms with E-state index in [1.165, 1.54) is 0 Å². The minimum atomic E-state index is -0.192. The predicted octanol–water partition coefficient (Wildman–Crippen LogP) is 2.98. The number of benzene rings is 2. The van der Waals surface area contributed by atoms with Gasteiger partial charge in [-0.1, -0.05) is 30.3 Å². The third-order valence-corrected chi connectivity index (χ3v) is 4.16. The Morgan fingerprint density at radius 1 is 1.24 bits per heavy atom. The van der Waals surface area contributed by atoms with Crippen LogP contribution in [0.5, 0.6) is 0 Å². The van der Waals surface area contributed by atoms with Crippen LogP contribution in [0.1, 0.15) is 11.4 Å². The van der Waals surface area contributed by atoms with Crippen LogP contribution in [0.2, 0.25) is 0 Å². The van der Waals surface area contributed by atoms with Crippen LogP contribution in [0.15, 0.2) is 59.8 Å². The van der Waals surface area contributed by atoms with Gasteiger partial charge in [-0.05, 0) is 25.1 Å². The minimum Gasteiger partial charge on any atom is -0.361 e.